The third-order valence-electron chi connectivity index (χ3n) is 6.13. The molecule has 7 heteroatoms. The minimum Gasteiger partial charge on any atom is -0.381 e. The largest absolute Gasteiger partial charge is 0.381 e. The first-order valence-corrected chi connectivity index (χ1v) is 10.9. The van der Waals surface area contributed by atoms with Crippen molar-refractivity contribution in [3.8, 4) is 0 Å². The first-order chi connectivity index (χ1) is 14.6. The average molecular weight is 410 g/mol. The van der Waals surface area contributed by atoms with Crippen LogP contribution in [0.25, 0.3) is 0 Å². The first kappa shape index (κ1) is 20.6. The third kappa shape index (κ3) is 4.12. The van der Waals surface area contributed by atoms with Gasteiger partial charge in [-0.2, -0.15) is 4.98 Å². The maximum absolute atomic E-state index is 13.7. The Bertz CT molecular complexity index is 859. The second kappa shape index (κ2) is 9.00. The standard InChI is InChI=1S/C23H31N5O2/c1-3-24-20-17-18(2)25-22(26-20)28-13-11-27(12-14-28)21(29)23(9-15-30-16-10-23)19-7-5-4-6-8-19/h4-8,17H,3,9-16H2,1-2H3,(H,24,25,26). The number of hydrogen-bond acceptors (Lipinski definition) is 6. The molecule has 0 bridgehead atoms. The lowest BCUT2D eigenvalue weighted by Crippen LogP contribution is -2.56. The van der Waals surface area contributed by atoms with E-state index in [1.807, 2.05) is 36.1 Å². The number of aromatic nitrogens is 2. The second-order valence-corrected chi connectivity index (χ2v) is 8.06. The van der Waals surface area contributed by atoms with Crippen LogP contribution in [0.3, 0.4) is 0 Å². The molecule has 2 aliphatic heterocycles. The molecule has 2 fully saturated rings. The van der Waals surface area contributed by atoms with Crippen LogP contribution in [-0.2, 0) is 14.9 Å². The van der Waals surface area contributed by atoms with Crippen LogP contribution in [0.5, 0.6) is 0 Å². The van der Waals surface area contributed by atoms with Crippen LogP contribution >= 0.6 is 0 Å². The van der Waals surface area contributed by atoms with E-state index >= 15 is 0 Å². The van der Waals surface area contributed by atoms with Gasteiger partial charge in [0.1, 0.15) is 5.82 Å². The van der Waals surface area contributed by atoms with Crippen LogP contribution in [0.4, 0.5) is 11.8 Å². The Hall–Kier alpha value is -2.67. The predicted molar refractivity (Wildman–Crippen MR) is 118 cm³/mol. The van der Waals surface area contributed by atoms with E-state index in [2.05, 4.69) is 39.2 Å². The van der Waals surface area contributed by atoms with Gasteiger partial charge in [0.05, 0.1) is 5.41 Å². The fourth-order valence-electron chi connectivity index (χ4n) is 4.48. The highest BCUT2D eigenvalue weighted by atomic mass is 16.5. The summed E-state index contributed by atoms with van der Waals surface area (Å²) in [6, 6.07) is 12.2. The molecule has 160 valence electrons. The Balaban J connectivity index is 1.49. The lowest BCUT2D eigenvalue weighted by Gasteiger charge is -2.43. The zero-order chi connectivity index (χ0) is 21.0. The molecular weight excluding hydrogens is 378 g/mol. The van der Waals surface area contributed by atoms with Crippen molar-refractivity contribution < 1.29 is 9.53 Å². The van der Waals surface area contributed by atoms with E-state index in [0.29, 0.717) is 26.3 Å². The maximum Gasteiger partial charge on any atom is 0.233 e. The molecule has 3 heterocycles. The number of ether oxygens (including phenoxy) is 1. The van der Waals surface area contributed by atoms with Crippen molar-refractivity contribution in [2.45, 2.75) is 32.1 Å². The van der Waals surface area contributed by atoms with Crippen LogP contribution in [0.15, 0.2) is 36.4 Å². The summed E-state index contributed by atoms with van der Waals surface area (Å²) in [6.45, 7) is 8.97. The molecule has 0 aliphatic carbocycles. The minimum atomic E-state index is -0.472. The van der Waals surface area contributed by atoms with E-state index in [0.717, 1.165) is 55.5 Å². The van der Waals surface area contributed by atoms with Gasteiger partial charge in [0.25, 0.3) is 0 Å². The Kier molecular flexibility index (Phi) is 6.18. The van der Waals surface area contributed by atoms with Gasteiger partial charge in [-0.25, -0.2) is 4.98 Å². The average Bonchev–Trinajstić information content (AvgIpc) is 2.79. The number of nitrogens with zero attached hydrogens (tertiary/aromatic N) is 4. The van der Waals surface area contributed by atoms with E-state index in [-0.39, 0.29) is 5.91 Å². The van der Waals surface area contributed by atoms with Crippen molar-refractivity contribution in [3.63, 3.8) is 0 Å². The second-order valence-electron chi connectivity index (χ2n) is 8.06. The van der Waals surface area contributed by atoms with E-state index in [1.165, 1.54) is 0 Å². The van der Waals surface area contributed by atoms with E-state index < -0.39 is 5.41 Å². The van der Waals surface area contributed by atoms with Crippen LogP contribution in [-0.4, -0.2) is 66.7 Å². The highest BCUT2D eigenvalue weighted by Crippen LogP contribution is 2.37. The molecule has 1 aromatic heterocycles. The lowest BCUT2D eigenvalue weighted by atomic mass is 9.73. The van der Waals surface area contributed by atoms with Crippen LogP contribution in [0, 0.1) is 6.92 Å². The number of nitrogens with one attached hydrogen (secondary N) is 1. The molecule has 1 amide bonds. The SMILES string of the molecule is CCNc1cc(C)nc(N2CCN(C(=O)C3(c4ccccc4)CCOCC3)CC2)n1. The van der Waals surface area contributed by atoms with Crippen molar-refractivity contribution in [1.29, 1.82) is 0 Å². The summed E-state index contributed by atoms with van der Waals surface area (Å²) >= 11 is 0. The van der Waals surface area contributed by atoms with Gasteiger partial charge < -0.3 is 19.9 Å². The van der Waals surface area contributed by atoms with Gasteiger partial charge >= 0.3 is 0 Å². The zero-order valence-electron chi connectivity index (χ0n) is 17.9. The molecule has 1 N–H and O–H groups in total. The highest BCUT2D eigenvalue weighted by Gasteiger charge is 2.44. The summed E-state index contributed by atoms with van der Waals surface area (Å²) < 4.78 is 5.60. The Morgan fingerprint density at radius 2 is 1.80 bits per heavy atom. The van der Waals surface area contributed by atoms with Crippen molar-refractivity contribution >= 4 is 17.7 Å². The summed E-state index contributed by atoms with van der Waals surface area (Å²) in [5, 5.41) is 3.27. The molecule has 0 radical (unpaired) electrons. The van der Waals surface area contributed by atoms with Gasteiger partial charge in [0.2, 0.25) is 11.9 Å². The highest BCUT2D eigenvalue weighted by molar-refractivity contribution is 5.88. The van der Waals surface area contributed by atoms with Gasteiger partial charge in [-0.1, -0.05) is 30.3 Å². The van der Waals surface area contributed by atoms with Crippen molar-refractivity contribution in [2.75, 3.05) is 56.2 Å². The molecule has 30 heavy (non-hydrogen) atoms. The maximum atomic E-state index is 13.7. The lowest BCUT2D eigenvalue weighted by molar-refractivity contribution is -0.141. The summed E-state index contributed by atoms with van der Waals surface area (Å²) in [4.78, 5) is 27.2. The number of benzene rings is 1. The molecule has 2 aromatic rings. The monoisotopic (exact) mass is 409 g/mol. The summed E-state index contributed by atoms with van der Waals surface area (Å²) in [5.74, 6) is 1.82. The molecule has 0 unspecified atom stereocenters. The van der Waals surface area contributed by atoms with Gasteiger partial charge in [0.15, 0.2) is 0 Å². The zero-order valence-corrected chi connectivity index (χ0v) is 17.9. The number of aryl methyl sites for hydroxylation is 1. The third-order valence-corrected chi connectivity index (χ3v) is 6.13. The number of amides is 1. The molecule has 4 rings (SSSR count). The number of piperazine rings is 1. The number of hydrogen-bond donors (Lipinski definition) is 1. The first-order valence-electron chi connectivity index (χ1n) is 10.9. The van der Waals surface area contributed by atoms with E-state index in [1.54, 1.807) is 0 Å². The predicted octanol–water partition coefficient (Wildman–Crippen LogP) is 2.61. The molecule has 0 saturated carbocycles. The number of rotatable bonds is 5. The fraction of sp³-hybridized carbons (Fsp3) is 0.522. The van der Waals surface area contributed by atoms with Gasteiger partial charge in [0, 0.05) is 57.7 Å². The molecule has 0 spiro atoms. The number of carbonyl (C=O) groups excluding carboxylic acids is 1. The molecule has 7 nitrogen and oxygen atoms in total. The minimum absolute atomic E-state index is 0.232. The van der Waals surface area contributed by atoms with Crippen molar-refractivity contribution in [1.82, 2.24) is 14.9 Å². The van der Waals surface area contributed by atoms with Gasteiger partial charge in [-0.15, -0.1) is 0 Å². The molecule has 1 aromatic carbocycles. The van der Waals surface area contributed by atoms with E-state index in [9.17, 15) is 4.79 Å². The smallest absolute Gasteiger partial charge is 0.233 e. The molecule has 2 aliphatic rings. The molecule has 0 atom stereocenters. The Labute approximate surface area is 178 Å². The number of carbonyl (C=O) groups is 1. The van der Waals surface area contributed by atoms with Crippen molar-refractivity contribution in [3.05, 3.63) is 47.7 Å². The molecular formula is C23H31N5O2. The van der Waals surface area contributed by atoms with Crippen LogP contribution in [0.2, 0.25) is 0 Å². The van der Waals surface area contributed by atoms with Gasteiger partial charge in [-0.3, -0.25) is 4.79 Å². The van der Waals surface area contributed by atoms with Crippen LogP contribution in [0.1, 0.15) is 31.0 Å². The topological polar surface area (TPSA) is 70.6 Å². The van der Waals surface area contributed by atoms with Crippen LogP contribution < -0.4 is 10.2 Å². The summed E-state index contributed by atoms with van der Waals surface area (Å²) in [5.41, 5.74) is 1.58. The Morgan fingerprint density at radius 1 is 1.10 bits per heavy atom. The van der Waals surface area contributed by atoms with E-state index in [4.69, 9.17) is 4.74 Å². The van der Waals surface area contributed by atoms with Crippen molar-refractivity contribution in [2.24, 2.45) is 0 Å². The number of anilines is 2. The normalized spacial score (nSPS) is 18.9. The quantitative estimate of drug-likeness (QED) is 0.819. The Morgan fingerprint density at radius 3 is 2.47 bits per heavy atom. The van der Waals surface area contributed by atoms with Gasteiger partial charge in [-0.05, 0) is 32.3 Å². The summed E-state index contributed by atoms with van der Waals surface area (Å²) in [6.07, 6.45) is 1.48. The molecule has 2 saturated heterocycles. The fourth-order valence-corrected chi connectivity index (χ4v) is 4.48. The summed E-state index contributed by atoms with van der Waals surface area (Å²) in [7, 11) is 0.